The Kier molecular flexibility index (Phi) is 4.48. The van der Waals surface area contributed by atoms with Crippen molar-refractivity contribution in [3.63, 3.8) is 0 Å². The molecule has 20 heavy (non-hydrogen) atoms. The van der Waals surface area contributed by atoms with Crippen LogP contribution in [-0.2, 0) is 9.53 Å². The van der Waals surface area contributed by atoms with E-state index < -0.39 is 0 Å². The number of carbonyl (C=O) groups excluding carboxylic acids is 2. The minimum atomic E-state index is -0.236. The summed E-state index contributed by atoms with van der Waals surface area (Å²) in [6, 6.07) is 5.60. The predicted molar refractivity (Wildman–Crippen MR) is 79.5 cm³/mol. The van der Waals surface area contributed by atoms with E-state index in [-0.39, 0.29) is 23.7 Å². The molecule has 1 fully saturated rings. The summed E-state index contributed by atoms with van der Waals surface area (Å²) in [5.41, 5.74) is 1.62. The zero-order chi connectivity index (χ0) is 14.9. The number of rotatable bonds is 2. The lowest BCUT2D eigenvalue weighted by Crippen LogP contribution is -2.30. The Morgan fingerprint density at radius 3 is 2.65 bits per heavy atom. The number of likely N-dealkylation sites (tertiary alicyclic amines) is 1. The molecule has 2 rings (SSSR count). The number of esters is 1. The number of methoxy groups -OCH3 is 1. The Morgan fingerprint density at radius 1 is 1.35 bits per heavy atom. The molecule has 1 heterocycles. The number of benzene rings is 1. The van der Waals surface area contributed by atoms with Crippen molar-refractivity contribution in [2.24, 2.45) is 11.8 Å². The van der Waals surface area contributed by atoms with Crippen molar-refractivity contribution in [3.05, 3.63) is 33.8 Å². The number of ether oxygens (including phenoxy) is 1. The van der Waals surface area contributed by atoms with Gasteiger partial charge in [-0.3, -0.25) is 9.59 Å². The molecule has 0 aromatic heterocycles. The second-order valence-corrected chi connectivity index (χ2v) is 6.19. The van der Waals surface area contributed by atoms with Gasteiger partial charge < -0.3 is 9.64 Å². The highest BCUT2D eigenvalue weighted by atomic mass is 79.9. The van der Waals surface area contributed by atoms with Crippen molar-refractivity contribution in [1.82, 2.24) is 4.90 Å². The van der Waals surface area contributed by atoms with Crippen LogP contribution in [0.5, 0.6) is 0 Å². The van der Waals surface area contributed by atoms with Crippen molar-refractivity contribution in [2.45, 2.75) is 13.8 Å². The molecule has 1 aromatic carbocycles. The lowest BCUT2D eigenvalue weighted by atomic mass is 9.99. The van der Waals surface area contributed by atoms with Crippen LogP contribution < -0.4 is 0 Å². The molecule has 0 N–H and O–H groups in total. The number of hydrogen-bond acceptors (Lipinski definition) is 3. The highest BCUT2D eigenvalue weighted by Gasteiger charge is 2.38. The van der Waals surface area contributed by atoms with Gasteiger partial charge in [0.05, 0.1) is 13.0 Å². The van der Waals surface area contributed by atoms with E-state index in [1.165, 1.54) is 7.11 Å². The maximum atomic E-state index is 12.5. The lowest BCUT2D eigenvalue weighted by Gasteiger charge is -2.17. The van der Waals surface area contributed by atoms with Crippen LogP contribution in [0.4, 0.5) is 0 Å². The van der Waals surface area contributed by atoms with Crippen molar-refractivity contribution in [1.29, 1.82) is 0 Å². The molecular formula is C15H18BrNO3. The lowest BCUT2D eigenvalue weighted by molar-refractivity contribution is -0.146. The first-order valence-corrected chi connectivity index (χ1v) is 7.36. The third kappa shape index (κ3) is 2.87. The van der Waals surface area contributed by atoms with Crippen LogP contribution in [0.25, 0.3) is 0 Å². The molecule has 1 aromatic rings. The number of aryl methyl sites for hydroxylation is 1. The van der Waals surface area contributed by atoms with E-state index in [4.69, 9.17) is 4.74 Å². The molecule has 5 heteroatoms. The monoisotopic (exact) mass is 339 g/mol. The summed E-state index contributed by atoms with van der Waals surface area (Å²) < 4.78 is 5.75. The van der Waals surface area contributed by atoms with Crippen molar-refractivity contribution in [2.75, 3.05) is 20.2 Å². The minimum absolute atomic E-state index is 0.0201. The third-order valence-electron chi connectivity index (χ3n) is 3.82. The van der Waals surface area contributed by atoms with Gasteiger partial charge in [-0.1, -0.05) is 22.9 Å². The number of nitrogens with zero attached hydrogens (tertiary/aromatic N) is 1. The van der Waals surface area contributed by atoms with Gasteiger partial charge in [0.2, 0.25) is 0 Å². The van der Waals surface area contributed by atoms with Crippen LogP contribution in [0, 0.1) is 18.8 Å². The van der Waals surface area contributed by atoms with E-state index in [9.17, 15) is 9.59 Å². The van der Waals surface area contributed by atoms with Crippen LogP contribution in [0.3, 0.4) is 0 Å². The van der Waals surface area contributed by atoms with Crippen LogP contribution in [-0.4, -0.2) is 37.0 Å². The number of amides is 1. The number of hydrogen-bond donors (Lipinski definition) is 0. The van der Waals surface area contributed by atoms with Crippen LogP contribution >= 0.6 is 15.9 Å². The third-order valence-corrected chi connectivity index (χ3v) is 4.32. The summed E-state index contributed by atoms with van der Waals surface area (Å²) in [6.45, 7) is 4.91. The molecule has 4 nitrogen and oxygen atoms in total. The zero-order valence-electron chi connectivity index (χ0n) is 11.9. The largest absolute Gasteiger partial charge is 0.469 e. The minimum Gasteiger partial charge on any atom is -0.469 e. The molecule has 2 unspecified atom stereocenters. The molecule has 1 aliphatic rings. The molecule has 2 atom stereocenters. The van der Waals surface area contributed by atoms with E-state index in [0.717, 1.165) is 10.0 Å². The van der Waals surface area contributed by atoms with Crippen molar-refractivity contribution >= 4 is 27.8 Å². The van der Waals surface area contributed by atoms with Gasteiger partial charge >= 0.3 is 5.97 Å². The molecule has 0 radical (unpaired) electrons. The summed E-state index contributed by atoms with van der Waals surface area (Å²) in [7, 11) is 1.39. The molecule has 1 amide bonds. The van der Waals surface area contributed by atoms with Crippen LogP contribution in [0.2, 0.25) is 0 Å². The molecule has 108 valence electrons. The molecule has 1 saturated heterocycles. The van der Waals surface area contributed by atoms with E-state index >= 15 is 0 Å². The average Bonchev–Trinajstić information content (AvgIpc) is 2.79. The Morgan fingerprint density at radius 2 is 2.05 bits per heavy atom. The van der Waals surface area contributed by atoms with E-state index in [1.54, 1.807) is 4.90 Å². The Balaban J connectivity index is 2.17. The van der Waals surface area contributed by atoms with E-state index in [2.05, 4.69) is 15.9 Å². The van der Waals surface area contributed by atoms with Gasteiger partial charge in [-0.2, -0.15) is 0 Å². The first-order valence-electron chi connectivity index (χ1n) is 6.57. The smallest absolute Gasteiger partial charge is 0.310 e. The Bertz CT molecular complexity index is 544. The zero-order valence-corrected chi connectivity index (χ0v) is 13.4. The van der Waals surface area contributed by atoms with Gasteiger partial charge in [-0.25, -0.2) is 0 Å². The second-order valence-electron chi connectivity index (χ2n) is 5.28. The summed E-state index contributed by atoms with van der Waals surface area (Å²) in [6.07, 6.45) is 0. The predicted octanol–water partition coefficient (Wildman–Crippen LogP) is 2.64. The normalized spacial score (nSPS) is 21.9. The summed E-state index contributed by atoms with van der Waals surface area (Å²) in [5, 5.41) is 0. The first-order chi connectivity index (χ1) is 9.43. The quantitative estimate of drug-likeness (QED) is 0.778. The van der Waals surface area contributed by atoms with Gasteiger partial charge in [0.15, 0.2) is 0 Å². The Labute approximate surface area is 127 Å². The van der Waals surface area contributed by atoms with Crippen molar-refractivity contribution < 1.29 is 14.3 Å². The molecule has 0 spiro atoms. The van der Waals surface area contributed by atoms with E-state index in [0.29, 0.717) is 18.7 Å². The highest BCUT2D eigenvalue weighted by molar-refractivity contribution is 9.10. The van der Waals surface area contributed by atoms with Gasteiger partial charge in [0.1, 0.15) is 0 Å². The van der Waals surface area contributed by atoms with Gasteiger partial charge in [-0.15, -0.1) is 0 Å². The molecular weight excluding hydrogens is 322 g/mol. The molecule has 0 aliphatic carbocycles. The van der Waals surface area contributed by atoms with Crippen molar-refractivity contribution in [3.8, 4) is 0 Å². The maximum absolute atomic E-state index is 12.5. The second kappa shape index (κ2) is 5.95. The fraction of sp³-hybridized carbons (Fsp3) is 0.467. The van der Waals surface area contributed by atoms with Crippen LogP contribution in [0.15, 0.2) is 22.7 Å². The molecule has 1 aliphatic heterocycles. The maximum Gasteiger partial charge on any atom is 0.310 e. The highest BCUT2D eigenvalue weighted by Crippen LogP contribution is 2.26. The fourth-order valence-electron chi connectivity index (χ4n) is 2.63. The average molecular weight is 340 g/mol. The summed E-state index contributed by atoms with van der Waals surface area (Å²) in [5.74, 6) is -0.351. The number of halogens is 1. The summed E-state index contributed by atoms with van der Waals surface area (Å²) in [4.78, 5) is 26.0. The molecule has 0 saturated carbocycles. The van der Waals surface area contributed by atoms with E-state index in [1.807, 2.05) is 32.0 Å². The number of carbonyl (C=O) groups is 2. The van der Waals surface area contributed by atoms with Gasteiger partial charge in [-0.05, 0) is 36.6 Å². The Hall–Kier alpha value is -1.36. The van der Waals surface area contributed by atoms with Crippen LogP contribution in [0.1, 0.15) is 22.8 Å². The fourth-order valence-corrected chi connectivity index (χ4v) is 3.10. The first kappa shape index (κ1) is 15.0. The van der Waals surface area contributed by atoms with Gasteiger partial charge in [0.25, 0.3) is 5.91 Å². The topological polar surface area (TPSA) is 46.6 Å². The molecule has 0 bridgehead atoms. The van der Waals surface area contributed by atoms with Gasteiger partial charge in [0, 0.05) is 23.1 Å². The standard InChI is InChI=1S/C15H18BrNO3/c1-9-6-11(16)4-5-12(9)14(18)17-7-10(2)13(8-17)15(19)20-3/h4-6,10,13H,7-8H2,1-3H3. The summed E-state index contributed by atoms with van der Waals surface area (Å²) >= 11 is 3.39. The SMILES string of the molecule is COC(=O)C1CN(C(=O)c2ccc(Br)cc2C)CC1C.